The third-order valence-corrected chi connectivity index (χ3v) is 2.83. The standard InChI is InChI=1S/C14H17N5O2/c1-9(2)13(20)18-11-5-3-10(4-6-11)7-15-14(21)12-16-8-17-19-12/h3-6,8-9H,7H2,1-2H3,(H,15,21)(H,18,20)(H,16,17,19). The van der Waals surface area contributed by atoms with Crippen molar-refractivity contribution in [1.82, 2.24) is 20.5 Å². The number of benzene rings is 1. The van der Waals surface area contributed by atoms with Gasteiger partial charge in [-0.1, -0.05) is 26.0 Å². The third-order valence-electron chi connectivity index (χ3n) is 2.83. The molecule has 0 aliphatic heterocycles. The molecule has 0 spiro atoms. The quantitative estimate of drug-likeness (QED) is 0.772. The molecule has 0 atom stereocenters. The van der Waals surface area contributed by atoms with E-state index in [-0.39, 0.29) is 23.6 Å². The van der Waals surface area contributed by atoms with Crippen LogP contribution in [0, 0.1) is 5.92 Å². The number of anilines is 1. The molecule has 2 aromatic rings. The van der Waals surface area contributed by atoms with Crippen LogP contribution in [0.15, 0.2) is 30.6 Å². The molecule has 2 rings (SSSR count). The molecule has 0 unspecified atom stereocenters. The average Bonchev–Trinajstić information content (AvgIpc) is 3.00. The molecule has 0 bridgehead atoms. The second-order valence-electron chi connectivity index (χ2n) is 4.86. The molecular formula is C14H17N5O2. The molecule has 0 radical (unpaired) electrons. The maximum absolute atomic E-state index is 11.7. The smallest absolute Gasteiger partial charge is 0.288 e. The van der Waals surface area contributed by atoms with Gasteiger partial charge in [0.05, 0.1) is 0 Å². The van der Waals surface area contributed by atoms with Crippen LogP contribution in [0.5, 0.6) is 0 Å². The number of nitrogens with one attached hydrogen (secondary N) is 3. The number of aromatic nitrogens is 3. The van der Waals surface area contributed by atoms with Crippen LogP contribution < -0.4 is 10.6 Å². The highest BCUT2D eigenvalue weighted by atomic mass is 16.2. The third kappa shape index (κ3) is 4.13. The Morgan fingerprint density at radius 1 is 1.24 bits per heavy atom. The number of amides is 2. The molecule has 1 aromatic carbocycles. The normalized spacial score (nSPS) is 10.4. The van der Waals surface area contributed by atoms with Crippen molar-refractivity contribution in [3.05, 3.63) is 42.0 Å². The molecule has 2 amide bonds. The summed E-state index contributed by atoms with van der Waals surface area (Å²) in [6.45, 7) is 4.05. The SMILES string of the molecule is CC(C)C(=O)Nc1ccc(CNC(=O)c2ncn[nH]2)cc1. The van der Waals surface area contributed by atoms with E-state index in [1.54, 1.807) is 12.1 Å². The lowest BCUT2D eigenvalue weighted by Gasteiger charge is -2.08. The van der Waals surface area contributed by atoms with Gasteiger partial charge in [-0.15, -0.1) is 0 Å². The van der Waals surface area contributed by atoms with E-state index >= 15 is 0 Å². The van der Waals surface area contributed by atoms with Crippen LogP contribution in [0.25, 0.3) is 0 Å². The first-order valence-corrected chi connectivity index (χ1v) is 6.59. The molecule has 0 saturated carbocycles. The van der Waals surface area contributed by atoms with Crippen LogP contribution in [0.1, 0.15) is 30.0 Å². The van der Waals surface area contributed by atoms with Gasteiger partial charge in [0.25, 0.3) is 5.91 Å². The van der Waals surface area contributed by atoms with E-state index in [0.29, 0.717) is 6.54 Å². The molecule has 1 aromatic heterocycles. The number of carbonyl (C=O) groups excluding carboxylic acids is 2. The van der Waals surface area contributed by atoms with Crippen molar-refractivity contribution in [3.8, 4) is 0 Å². The fourth-order valence-electron chi connectivity index (χ4n) is 1.57. The van der Waals surface area contributed by atoms with E-state index < -0.39 is 0 Å². The van der Waals surface area contributed by atoms with Crippen molar-refractivity contribution >= 4 is 17.5 Å². The van der Waals surface area contributed by atoms with E-state index in [1.165, 1.54) is 6.33 Å². The molecule has 3 N–H and O–H groups in total. The van der Waals surface area contributed by atoms with Crippen LogP contribution >= 0.6 is 0 Å². The Labute approximate surface area is 122 Å². The second kappa shape index (κ2) is 6.65. The number of carbonyl (C=O) groups is 2. The van der Waals surface area contributed by atoms with Crippen LogP contribution in [-0.2, 0) is 11.3 Å². The Morgan fingerprint density at radius 3 is 2.52 bits per heavy atom. The zero-order chi connectivity index (χ0) is 15.2. The first-order valence-electron chi connectivity index (χ1n) is 6.59. The van der Waals surface area contributed by atoms with Gasteiger partial charge in [0, 0.05) is 18.2 Å². The van der Waals surface area contributed by atoms with Gasteiger partial charge in [-0.25, -0.2) is 4.98 Å². The maximum atomic E-state index is 11.7. The topological polar surface area (TPSA) is 99.8 Å². The van der Waals surface area contributed by atoms with Crippen molar-refractivity contribution < 1.29 is 9.59 Å². The fourth-order valence-corrected chi connectivity index (χ4v) is 1.57. The highest BCUT2D eigenvalue weighted by molar-refractivity contribution is 5.92. The summed E-state index contributed by atoms with van der Waals surface area (Å²) in [6, 6.07) is 7.29. The van der Waals surface area contributed by atoms with Gasteiger partial charge in [-0.05, 0) is 17.7 Å². The summed E-state index contributed by atoms with van der Waals surface area (Å²) in [5.41, 5.74) is 1.66. The zero-order valence-electron chi connectivity index (χ0n) is 11.9. The first kappa shape index (κ1) is 14.7. The van der Waals surface area contributed by atoms with Crippen LogP contribution in [0.2, 0.25) is 0 Å². The molecule has 7 nitrogen and oxygen atoms in total. The van der Waals surface area contributed by atoms with E-state index in [1.807, 2.05) is 26.0 Å². The highest BCUT2D eigenvalue weighted by Crippen LogP contribution is 2.11. The summed E-state index contributed by atoms with van der Waals surface area (Å²) in [6.07, 6.45) is 1.28. The Hall–Kier alpha value is -2.70. The predicted molar refractivity (Wildman–Crippen MR) is 77.5 cm³/mol. The lowest BCUT2D eigenvalue weighted by Crippen LogP contribution is -2.24. The average molecular weight is 287 g/mol. The van der Waals surface area contributed by atoms with E-state index in [9.17, 15) is 9.59 Å². The molecule has 7 heteroatoms. The summed E-state index contributed by atoms with van der Waals surface area (Å²) in [5, 5.41) is 11.6. The molecule has 21 heavy (non-hydrogen) atoms. The number of nitrogens with zero attached hydrogens (tertiary/aromatic N) is 2. The van der Waals surface area contributed by atoms with Crippen LogP contribution in [0.3, 0.4) is 0 Å². The monoisotopic (exact) mass is 287 g/mol. The van der Waals surface area contributed by atoms with Crippen molar-refractivity contribution in [3.63, 3.8) is 0 Å². The number of rotatable bonds is 5. The molecule has 0 saturated heterocycles. The van der Waals surface area contributed by atoms with E-state index in [4.69, 9.17) is 0 Å². The van der Waals surface area contributed by atoms with Gasteiger partial charge in [0.2, 0.25) is 11.7 Å². The Bertz CT molecular complexity index is 605. The number of H-pyrrole nitrogens is 1. The van der Waals surface area contributed by atoms with Crippen molar-refractivity contribution in [2.24, 2.45) is 5.92 Å². The maximum Gasteiger partial charge on any atom is 0.288 e. The van der Waals surface area contributed by atoms with Gasteiger partial charge in [-0.3, -0.25) is 14.7 Å². The van der Waals surface area contributed by atoms with Crippen LogP contribution in [0.4, 0.5) is 5.69 Å². The number of hydrogen-bond acceptors (Lipinski definition) is 4. The van der Waals surface area contributed by atoms with E-state index in [0.717, 1.165) is 11.3 Å². The van der Waals surface area contributed by atoms with Gasteiger partial charge in [0.1, 0.15) is 6.33 Å². The van der Waals surface area contributed by atoms with Gasteiger partial charge in [-0.2, -0.15) is 5.10 Å². The fraction of sp³-hybridized carbons (Fsp3) is 0.286. The molecule has 0 aliphatic rings. The molecule has 110 valence electrons. The minimum atomic E-state index is -0.315. The minimum Gasteiger partial charge on any atom is -0.345 e. The molecule has 0 aliphatic carbocycles. The molecular weight excluding hydrogens is 270 g/mol. The zero-order valence-corrected chi connectivity index (χ0v) is 11.9. The summed E-state index contributed by atoms with van der Waals surface area (Å²) < 4.78 is 0. The first-order chi connectivity index (χ1) is 10.1. The number of aromatic amines is 1. The molecule has 0 fully saturated rings. The second-order valence-corrected chi connectivity index (χ2v) is 4.86. The van der Waals surface area contributed by atoms with Gasteiger partial charge >= 0.3 is 0 Å². The van der Waals surface area contributed by atoms with Gasteiger partial charge in [0.15, 0.2) is 0 Å². The van der Waals surface area contributed by atoms with Crippen molar-refractivity contribution in [2.45, 2.75) is 20.4 Å². The highest BCUT2D eigenvalue weighted by Gasteiger charge is 2.08. The summed E-state index contributed by atoms with van der Waals surface area (Å²) in [4.78, 5) is 27.0. The largest absolute Gasteiger partial charge is 0.345 e. The predicted octanol–water partition coefficient (Wildman–Crippen LogP) is 1.33. The summed E-state index contributed by atoms with van der Waals surface area (Å²) >= 11 is 0. The van der Waals surface area contributed by atoms with Crippen molar-refractivity contribution in [2.75, 3.05) is 5.32 Å². The summed E-state index contributed by atoms with van der Waals surface area (Å²) in [7, 11) is 0. The van der Waals surface area contributed by atoms with E-state index in [2.05, 4.69) is 25.8 Å². The summed E-state index contributed by atoms with van der Waals surface area (Å²) in [5.74, 6) is -0.229. The van der Waals surface area contributed by atoms with Crippen molar-refractivity contribution in [1.29, 1.82) is 0 Å². The Balaban J connectivity index is 1.88. The number of hydrogen-bond donors (Lipinski definition) is 3. The molecule has 1 heterocycles. The lowest BCUT2D eigenvalue weighted by molar-refractivity contribution is -0.118. The Kier molecular flexibility index (Phi) is 4.65. The van der Waals surface area contributed by atoms with Gasteiger partial charge < -0.3 is 10.6 Å². The van der Waals surface area contributed by atoms with Crippen LogP contribution in [-0.4, -0.2) is 27.0 Å². The minimum absolute atomic E-state index is 0.0265. The Morgan fingerprint density at radius 2 is 1.95 bits per heavy atom. The lowest BCUT2D eigenvalue weighted by atomic mass is 10.1.